The molecule has 0 aliphatic heterocycles. The fraction of sp³-hybridized carbons (Fsp3) is 0.467. The van der Waals surface area contributed by atoms with Gasteiger partial charge in [0.15, 0.2) is 5.75 Å². The third-order valence-electron chi connectivity index (χ3n) is 3.21. The Morgan fingerprint density at radius 1 is 1.30 bits per heavy atom. The molecule has 8 heteroatoms. The van der Waals surface area contributed by atoms with Gasteiger partial charge in [-0.2, -0.15) is 0 Å². The van der Waals surface area contributed by atoms with Crippen LogP contribution in [-0.4, -0.2) is 37.1 Å². The molecule has 8 nitrogen and oxygen atoms in total. The average Bonchev–Trinajstić information content (AvgIpc) is 2.52. The summed E-state index contributed by atoms with van der Waals surface area (Å²) < 4.78 is 9.60. The number of ether oxygens (including phenoxy) is 2. The van der Waals surface area contributed by atoms with Crippen LogP contribution in [0.25, 0.3) is 0 Å². The van der Waals surface area contributed by atoms with Crippen molar-refractivity contribution in [3.05, 3.63) is 33.9 Å². The lowest BCUT2D eigenvalue weighted by Gasteiger charge is -2.18. The third kappa shape index (κ3) is 4.94. The number of carbonyl (C=O) groups excluding carboxylic acids is 2. The minimum atomic E-state index is -0.914. The zero-order chi connectivity index (χ0) is 17.6. The maximum absolute atomic E-state index is 11.8. The Bertz CT molecular complexity index is 600. The van der Waals surface area contributed by atoms with Gasteiger partial charge in [-0.1, -0.05) is 19.9 Å². The summed E-state index contributed by atoms with van der Waals surface area (Å²) in [6.45, 7) is 3.39. The van der Waals surface area contributed by atoms with Gasteiger partial charge in [0.05, 0.1) is 19.1 Å². The van der Waals surface area contributed by atoms with Crippen LogP contribution in [-0.2, 0) is 20.7 Å². The predicted octanol–water partition coefficient (Wildman–Crippen LogP) is 1.46. The van der Waals surface area contributed by atoms with Crippen LogP contribution in [0.3, 0.4) is 0 Å². The average molecular weight is 324 g/mol. The number of nitro benzene ring substituents is 1. The summed E-state index contributed by atoms with van der Waals surface area (Å²) in [6, 6.07) is 3.45. The van der Waals surface area contributed by atoms with Crippen LogP contribution in [0.1, 0.15) is 19.4 Å². The first-order chi connectivity index (χ1) is 10.8. The van der Waals surface area contributed by atoms with Crippen molar-refractivity contribution in [1.82, 2.24) is 5.32 Å². The molecule has 1 aromatic carbocycles. The number of nitrogens with zero attached hydrogens (tertiary/aromatic N) is 1. The lowest BCUT2D eigenvalue weighted by molar-refractivity contribution is -0.385. The topological polar surface area (TPSA) is 108 Å². The molecule has 1 aromatic rings. The normalized spacial score (nSPS) is 11.7. The van der Waals surface area contributed by atoms with E-state index in [9.17, 15) is 19.7 Å². The SMILES string of the molecule is COC(=O)[C@H](Cc1ccc(OC)c([N+](=O)[O-])c1)NC(=O)C(C)C. The molecule has 23 heavy (non-hydrogen) atoms. The van der Waals surface area contributed by atoms with Gasteiger partial charge in [0.25, 0.3) is 0 Å². The molecular formula is C15H20N2O6. The van der Waals surface area contributed by atoms with Gasteiger partial charge in [0.1, 0.15) is 6.04 Å². The molecule has 0 aliphatic carbocycles. The number of carbonyl (C=O) groups is 2. The van der Waals surface area contributed by atoms with Crippen LogP contribution < -0.4 is 10.1 Å². The Balaban J connectivity index is 3.03. The number of hydrogen-bond acceptors (Lipinski definition) is 6. The van der Waals surface area contributed by atoms with E-state index in [1.807, 2.05) is 0 Å². The van der Waals surface area contributed by atoms with Gasteiger partial charge in [-0.05, 0) is 11.6 Å². The molecule has 0 unspecified atom stereocenters. The van der Waals surface area contributed by atoms with E-state index in [0.717, 1.165) is 0 Å². The van der Waals surface area contributed by atoms with Crippen molar-refractivity contribution < 1.29 is 24.0 Å². The Morgan fingerprint density at radius 3 is 2.43 bits per heavy atom. The molecule has 0 fully saturated rings. The quantitative estimate of drug-likeness (QED) is 0.462. The van der Waals surface area contributed by atoms with Crippen LogP contribution in [0.2, 0.25) is 0 Å². The van der Waals surface area contributed by atoms with Crippen molar-refractivity contribution >= 4 is 17.6 Å². The number of rotatable bonds is 7. The van der Waals surface area contributed by atoms with Gasteiger partial charge in [-0.15, -0.1) is 0 Å². The number of esters is 1. The Hall–Kier alpha value is -2.64. The summed E-state index contributed by atoms with van der Waals surface area (Å²) in [5, 5.41) is 13.6. The maximum Gasteiger partial charge on any atom is 0.328 e. The third-order valence-corrected chi connectivity index (χ3v) is 3.21. The Kier molecular flexibility index (Phi) is 6.49. The first kappa shape index (κ1) is 18.4. The minimum Gasteiger partial charge on any atom is -0.490 e. The second kappa shape index (κ2) is 8.11. The van der Waals surface area contributed by atoms with E-state index in [1.54, 1.807) is 19.9 Å². The summed E-state index contributed by atoms with van der Waals surface area (Å²) >= 11 is 0. The first-order valence-electron chi connectivity index (χ1n) is 6.99. The second-order valence-corrected chi connectivity index (χ2v) is 5.21. The molecule has 0 radical (unpaired) electrons. The van der Waals surface area contributed by atoms with Crippen molar-refractivity contribution in [2.75, 3.05) is 14.2 Å². The highest BCUT2D eigenvalue weighted by Gasteiger charge is 2.24. The number of methoxy groups -OCH3 is 2. The van der Waals surface area contributed by atoms with E-state index >= 15 is 0 Å². The molecule has 1 amide bonds. The summed E-state index contributed by atoms with van der Waals surface area (Å²) in [7, 11) is 2.55. The van der Waals surface area contributed by atoms with Crippen molar-refractivity contribution in [2.45, 2.75) is 26.3 Å². The van der Waals surface area contributed by atoms with E-state index < -0.39 is 16.9 Å². The highest BCUT2D eigenvalue weighted by atomic mass is 16.6. The fourth-order valence-electron chi connectivity index (χ4n) is 1.91. The summed E-state index contributed by atoms with van der Waals surface area (Å²) in [6.07, 6.45) is 0.0793. The van der Waals surface area contributed by atoms with Crippen molar-refractivity contribution in [2.24, 2.45) is 5.92 Å². The second-order valence-electron chi connectivity index (χ2n) is 5.21. The highest BCUT2D eigenvalue weighted by molar-refractivity contribution is 5.85. The van der Waals surface area contributed by atoms with Gasteiger partial charge < -0.3 is 14.8 Å². The van der Waals surface area contributed by atoms with Gasteiger partial charge in [-0.25, -0.2) is 4.79 Å². The molecule has 1 atom stereocenters. The van der Waals surface area contributed by atoms with Crippen LogP contribution in [0, 0.1) is 16.0 Å². The predicted molar refractivity (Wildman–Crippen MR) is 82.1 cm³/mol. The maximum atomic E-state index is 11.8. The van der Waals surface area contributed by atoms with Crippen LogP contribution in [0.15, 0.2) is 18.2 Å². The number of nitrogens with one attached hydrogen (secondary N) is 1. The Morgan fingerprint density at radius 2 is 1.96 bits per heavy atom. The van der Waals surface area contributed by atoms with Gasteiger partial charge in [0.2, 0.25) is 5.91 Å². The van der Waals surface area contributed by atoms with Crippen molar-refractivity contribution in [3.8, 4) is 5.75 Å². The van der Waals surface area contributed by atoms with E-state index in [2.05, 4.69) is 10.1 Å². The smallest absolute Gasteiger partial charge is 0.328 e. The van der Waals surface area contributed by atoms with E-state index in [4.69, 9.17) is 4.74 Å². The lowest BCUT2D eigenvalue weighted by atomic mass is 10.0. The van der Waals surface area contributed by atoms with Gasteiger partial charge >= 0.3 is 11.7 Å². The van der Waals surface area contributed by atoms with E-state index in [1.165, 1.54) is 26.4 Å². The molecule has 0 bridgehead atoms. The molecule has 0 aliphatic rings. The standard InChI is InChI=1S/C15H20N2O6/c1-9(2)14(18)16-11(15(19)23-4)7-10-5-6-13(22-3)12(8-10)17(20)21/h5-6,8-9,11H,7H2,1-4H3,(H,16,18)/t11-/m0/s1. The largest absolute Gasteiger partial charge is 0.490 e. The number of nitro groups is 1. The number of benzene rings is 1. The molecule has 0 saturated carbocycles. The van der Waals surface area contributed by atoms with Crippen LogP contribution in [0.5, 0.6) is 5.75 Å². The molecular weight excluding hydrogens is 304 g/mol. The van der Waals surface area contributed by atoms with Crippen LogP contribution >= 0.6 is 0 Å². The lowest BCUT2D eigenvalue weighted by Crippen LogP contribution is -2.44. The molecule has 0 saturated heterocycles. The minimum absolute atomic E-state index is 0.0793. The molecule has 126 valence electrons. The monoisotopic (exact) mass is 324 g/mol. The van der Waals surface area contributed by atoms with Gasteiger partial charge in [0, 0.05) is 18.4 Å². The zero-order valence-corrected chi connectivity index (χ0v) is 13.5. The van der Waals surface area contributed by atoms with Crippen molar-refractivity contribution in [3.63, 3.8) is 0 Å². The van der Waals surface area contributed by atoms with Crippen molar-refractivity contribution in [1.29, 1.82) is 0 Å². The molecule has 1 rings (SSSR count). The summed E-state index contributed by atoms with van der Waals surface area (Å²) in [5.74, 6) is -1.09. The number of hydrogen-bond donors (Lipinski definition) is 1. The summed E-state index contributed by atoms with van der Waals surface area (Å²) in [5.41, 5.74) is 0.306. The first-order valence-corrected chi connectivity index (χ1v) is 6.99. The van der Waals surface area contributed by atoms with Crippen LogP contribution in [0.4, 0.5) is 5.69 Å². The van der Waals surface area contributed by atoms with Gasteiger partial charge in [-0.3, -0.25) is 14.9 Å². The zero-order valence-electron chi connectivity index (χ0n) is 13.5. The molecule has 0 heterocycles. The van der Waals surface area contributed by atoms with E-state index in [-0.39, 0.29) is 29.7 Å². The van der Waals surface area contributed by atoms with E-state index in [0.29, 0.717) is 5.56 Å². The number of amides is 1. The molecule has 0 spiro atoms. The summed E-state index contributed by atoms with van der Waals surface area (Å²) in [4.78, 5) is 34.1. The Labute approximate surface area is 133 Å². The molecule has 1 N–H and O–H groups in total. The highest BCUT2D eigenvalue weighted by Crippen LogP contribution is 2.28. The molecule has 0 aromatic heterocycles. The fourth-order valence-corrected chi connectivity index (χ4v) is 1.91.